The molecule has 132 valence electrons. The first-order valence-corrected chi connectivity index (χ1v) is 8.47. The molecule has 5 nitrogen and oxygen atoms in total. The second-order valence-corrected chi connectivity index (χ2v) is 6.34. The monoisotopic (exact) mass is 359 g/mol. The van der Waals surface area contributed by atoms with E-state index in [0.29, 0.717) is 17.3 Å². The van der Waals surface area contributed by atoms with E-state index in [2.05, 4.69) is 10.3 Å². The van der Waals surface area contributed by atoms with Gasteiger partial charge in [-0.15, -0.1) is 0 Å². The molecule has 2 aromatic rings. The number of amides is 2. The van der Waals surface area contributed by atoms with Crippen molar-refractivity contribution in [1.29, 1.82) is 0 Å². The summed E-state index contributed by atoms with van der Waals surface area (Å²) in [6, 6.07) is 9.33. The topological polar surface area (TPSA) is 62.3 Å². The molecule has 0 fully saturated rings. The summed E-state index contributed by atoms with van der Waals surface area (Å²) in [5, 5.41) is 3.33. The summed E-state index contributed by atoms with van der Waals surface area (Å²) in [7, 11) is 0. The Kier molecular flexibility index (Phi) is 6.53. The maximum Gasteiger partial charge on any atom is 0.223 e. The van der Waals surface area contributed by atoms with E-state index in [9.17, 15) is 9.59 Å². The molecule has 0 bridgehead atoms. The molecule has 0 spiro atoms. The van der Waals surface area contributed by atoms with Crippen LogP contribution in [0.1, 0.15) is 30.2 Å². The van der Waals surface area contributed by atoms with Gasteiger partial charge in [0.15, 0.2) is 0 Å². The molecule has 1 aromatic heterocycles. The van der Waals surface area contributed by atoms with Crippen LogP contribution < -0.4 is 10.2 Å². The Hall–Kier alpha value is -2.40. The molecule has 25 heavy (non-hydrogen) atoms. The number of benzene rings is 1. The fourth-order valence-electron chi connectivity index (χ4n) is 2.67. The van der Waals surface area contributed by atoms with E-state index in [1.54, 1.807) is 11.1 Å². The molecular weight excluding hydrogens is 338 g/mol. The van der Waals surface area contributed by atoms with Crippen molar-refractivity contribution >= 4 is 29.1 Å². The Labute approximate surface area is 153 Å². The summed E-state index contributed by atoms with van der Waals surface area (Å²) >= 11 is 6.33. The maximum absolute atomic E-state index is 12.1. The number of aryl methyl sites for hydroxylation is 2. The van der Waals surface area contributed by atoms with Crippen LogP contribution in [-0.4, -0.2) is 23.3 Å². The number of nitrogens with zero attached hydrogens (tertiary/aromatic N) is 2. The van der Waals surface area contributed by atoms with Crippen LogP contribution in [0.25, 0.3) is 0 Å². The van der Waals surface area contributed by atoms with E-state index in [0.717, 1.165) is 16.8 Å². The molecule has 0 unspecified atom stereocenters. The van der Waals surface area contributed by atoms with Gasteiger partial charge in [0.2, 0.25) is 11.8 Å². The highest BCUT2D eigenvalue weighted by molar-refractivity contribution is 6.34. The minimum absolute atomic E-state index is 0.141. The summed E-state index contributed by atoms with van der Waals surface area (Å²) in [5.41, 5.74) is 3.39. The van der Waals surface area contributed by atoms with Crippen molar-refractivity contribution in [2.75, 3.05) is 11.4 Å². The van der Waals surface area contributed by atoms with E-state index in [-0.39, 0.29) is 24.8 Å². The third-order valence-corrected chi connectivity index (χ3v) is 4.09. The fourth-order valence-corrected chi connectivity index (χ4v) is 3.09. The molecule has 0 radical (unpaired) electrons. The Bertz CT molecular complexity index is 740. The molecule has 0 aliphatic heterocycles. The van der Waals surface area contributed by atoms with Crippen LogP contribution in [0.15, 0.2) is 36.5 Å². The van der Waals surface area contributed by atoms with Crippen molar-refractivity contribution in [1.82, 2.24) is 10.3 Å². The van der Waals surface area contributed by atoms with Gasteiger partial charge in [-0.3, -0.25) is 14.6 Å². The fraction of sp³-hybridized carbons (Fsp3) is 0.316. The second kappa shape index (κ2) is 8.62. The Balaban J connectivity index is 2.01. The van der Waals surface area contributed by atoms with Crippen LogP contribution in [0, 0.1) is 13.8 Å². The lowest BCUT2D eigenvalue weighted by atomic mass is 10.1. The van der Waals surface area contributed by atoms with Gasteiger partial charge in [0.1, 0.15) is 0 Å². The number of pyridine rings is 1. The highest BCUT2D eigenvalue weighted by Crippen LogP contribution is 2.31. The van der Waals surface area contributed by atoms with E-state index >= 15 is 0 Å². The Morgan fingerprint density at radius 3 is 2.60 bits per heavy atom. The van der Waals surface area contributed by atoms with Crippen molar-refractivity contribution in [2.45, 2.75) is 33.7 Å². The lowest BCUT2D eigenvalue weighted by Gasteiger charge is -2.24. The SMILES string of the molecule is CC(=O)N(CCC(=O)NCc1ccccn1)c1c(C)cc(C)cc1Cl. The van der Waals surface area contributed by atoms with Crippen LogP contribution >= 0.6 is 11.6 Å². The first-order chi connectivity index (χ1) is 11.9. The number of carbonyl (C=O) groups excluding carboxylic acids is 2. The molecule has 2 rings (SSSR count). The van der Waals surface area contributed by atoms with E-state index < -0.39 is 0 Å². The zero-order valence-corrected chi connectivity index (χ0v) is 15.4. The quantitative estimate of drug-likeness (QED) is 0.859. The standard InChI is InChI=1S/C19H22ClN3O2/c1-13-10-14(2)19(17(20)11-13)23(15(3)24)9-7-18(25)22-12-16-6-4-5-8-21-16/h4-6,8,10-11H,7,9,12H2,1-3H3,(H,22,25). The molecule has 0 aliphatic carbocycles. The normalized spacial score (nSPS) is 10.4. The van der Waals surface area contributed by atoms with Gasteiger partial charge >= 0.3 is 0 Å². The van der Waals surface area contributed by atoms with E-state index in [1.807, 2.05) is 44.2 Å². The highest BCUT2D eigenvalue weighted by atomic mass is 35.5. The zero-order valence-electron chi connectivity index (χ0n) is 14.7. The summed E-state index contributed by atoms with van der Waals surface area (Å²) in [4.78, 5) is 29.8. The molecule has 0 saturated heterocycles. The second-order valence-electron chi connectivity index (χ2n) is 5.93. The third-order valence-electron chi connectivity index (χ3n) is 3.80. The molecule has 1 aromatic carbocycles. The third kappa shape index (κ3) is 5.29. The zero-order chi connectivity index (χ0) is 18.4. The number of hydrogen-bond acceptors (Lipinski definition) is 3. The molecule has 1 N–H and O–H groups in total. The van der Waals surface area contributed by atoms with E-state index in [4.69, 9.17) is 11.6 Å². The predicted octanol–water partition coefficient (Wildman–Crippen LogP) is 3.41. The van der Waals surface area contributed by atoms with Gasteiger partial charge in [0.05, 0.1) is 22.9 Å². The largest absolute Gasteiger partial charge is 0.350 e. The van der Waals surface area contributed by atoms with Gasteiger partial charge in [-0.25, -0.2) is 0 Å². The van der Waals surface area contributed by atoms with Gasteiger partial charge in [-0.1, -0.05) is 23.7 Å². The average Bonchev–Trinajstić information content (AvgIpc) is 2.55. The molecule has 2 amide bonds. The minimum atomic E-state index is -0.147. The molecular formula is C19H22ClN3O2. The van der Waals surface area contributed by atoms with Crippen molar-refractivity contribution in [3.63, 3.8) is 0 Å². The number of nitrogens with one attached hydrogen (secondary N) is 1. The molecule has 6 heteroatoms. The summed E-state index contributed by atoms with van der Waals surface area (Å²) in [5.74, 6) is -0.288. The predicted molar refractivity (Wildman–Crippen MR) is 99.7 cm³/mol. The minimum Gasteiger partial charge on any atom is -0.350 e. The molecule has 0 atom stereocenters. The van der Waals surface area contributed by atoms with Crippen LogP contribution in [-0.2, 0) is 16.1 Å². The van der Waals surface area contributed by atoms with Crippen LogP contribution in [0.4, 0.5) is 5.69 Å². The van der Waals surface area contributed by atoms with Crippen molar-refractivity contribution in [3.05, 3.63) is 58.4 Å². The van der Waals surface area contributed by atoms with Crippen molar-refractivity contribution in [2.24, 2.45) is 0 Å². The summed E-state index contributed by atoms with van der Waals surface area (Å²) in [6.07, 6.45) is 1.87. The van der Waals surface area contributed by atoms with Crippen LogP contribution in [0.3, 0.4) is 0 Å². The highest BCUT2D eigenvalue weighted by Gasteiger charge is 2.18. The molecule has 0 aliphatic rings. The Morgan fingerprint density at radius 1 is 1.24 bits per heavy atom. The lowest BCUT2D eigenvalue weighted by Crippen LogP contribution is -2.34. The number of halogens is 1. The summed E-state index contributed by atoms with van der Waals surface area (Å²) in [6.45, 7) is 5.97. The average molecular weight is 360 g/mol. The maximum atomic E-state index is 12.1. The lowest BCUT2D eigenvalue weighted by molar-refractivity contribution is -0.121. The van der Waals surface area contributed by atoms with Crippen LogP contribution in [0.5, 0.6) is 0 Å². The number of aromatic nitrogens is 1. The van der Waals surface area contributed by atoms with E-state index in [1.165, 1.54) is 6.92 Å². The number of hydrogen-bond donors (Lipinski definition) is 1. The van der Waals surface area contributed by atoms with Gasteiger partial charge in [0, 0.05) is 26.1 Å². The van der Waals surface area contributed by atoms with Gasteiger partial charge in [0.25, 0.3) is 0 Å². The number of rotatable bonds is 6. The van der Waals surface area contributed by atoms with Crippen molar-refractivity contribution < 1.29 is 9.59 Å². The molecule has 1 heterocycles. The first kappa shape index (κ1) is 18.9. The van der Waals surface area contributed by atoms with Crippen LogP contribution in [0.2, 0.25) is 5.02 Å². The summed E-state index contributed by atoms with van der Waals surface area (Å²) < 4.78 is 0. The molecule has 0 saturated carbocycles. The van der Waals surface area contributed by atoms with Gasteiger partial charge in [-0.2, -0.15) is 0 Å². The van der Waals surface area contributed by atoms with Gasteiger partial charge in [-0.05, 0) is 43.2 Å². The number of anilines is 1. The smallest absolute Gasteiger partial charge is 0.223 e. The Morgan fingerprint density at radius 2 is 2.00 bits per heavy atom. The van der Waals surface area contributed by atoms with Gasteiger partial charge < -0.3 is 10.2 Å². The first-order valence-electron chi connectivity index (χ1n) is 8.10. The van der Waals surface area contributed by atoms with Crippen molar-refractivity contribution in [3.8, 4) is 0 Å². The number of carbonyl (C=O) groups is 2.